The summed E-state index contributed by atoms with van der Waals surface area (Å²) < 4.78 is 14.5. The molecule has 0 radical (unpaired) electrons. The molecule has 0 atom stereocenters. The molecule has 0 aliphatic rings. The van der Waals surface area contributed by atoms with Crippen molar-refractivity contribution in [2.24, 2.45) is 0 Å². The summed E-state index contributed by atoms with van der Waals surface area (Å²) in [6.07, 6.45) is 1.17. The minimum Gasteiger partial charge on any atom is -0.461 e. The summed E-state index contributed by atoms with van der Waals surface area (Å²) in [5.74, 6) is -0.795. The van der Waals surface area contributed by atoms with Gasteiger partial charge in [0.2, 0.25) is 5.91 Å². The number of carbonyl (C=O) groups is 2. The van der Waals surface area contributed by atoms with Crippen molar-refractivity contribution in [3.8, 4) is 0 Å². The third kappa shape index (κ3) is 5.38. The molecular formula is C11H17N3O5. The lowest BCUT2D eigenvalue weighted by molar-refractivity contribution is -0.119. The number of hydrogen-bond donors (Lipinski definition) is 2. The van der Waals surface area contributed by atoms with E-state index in [0.717, 1.165) is 0 Å². The van der Waals surface area contributed by atoms with Crippen LogP contribution in [0.2, 0.25) is 0 Å². The first-order valence-corrected chi connectivity index (χ1v) is 5.79. The number of oxazole rings is 1. The van der Waals surface area contributed by atoms with Crippen LogP contribution >= 0.6 is 0 Å². The Morgan fingerprint density at radius 2 is 2.26 bits per heavy atom. The highest BCUT2D eigenvalue weighted by molar-refractivity contribution is 5.87. The molecule has 0 spiro atoms. The summed E-state index contributed by atoms with van der Waals surface area (Å²) in [7, 11) is 1.55. The van der Waals surface area contributed by atoms with Crippen molar-refractivity contribution in [2.45, 2.75) is 6.92 Å². The van der Waals surface area contributed by atoms with Gasteiger partial charge in [0.05, 0.1) is 19.8 Å². The number of rotatable bonds is 8. The van der Waals surface area contributed by atoms with E-state index in [1.807, 2.05) is 0 Å². The molecule has 1 rings (SSSR count). The van der Waals surface area contributed by atoms with Crippen LogP contribution in [0.3, 0.4) is 0 Å². The molecule has 106 valence electrons. The first-order valence-electron chi connectivity index (χ1n) is 5.79. The molecule has 1 amide bonds. The molecule has 1 aromatic rings. The van der Waals surface area contributed by atoms with Gasteiger partial charge < -0.3 is 24.5 Å². The molecule has 0 aromatic carbocycles. The van der Waals surface area contributed by atoms with E-state index >= 15 is 0 Å². The van der Waals surface area contributed by atoms with Crippen molar-refractivity contribution in [3.63, 3.8) is 0 Å². The zero-order chi connectivity index (χ0) is 14.1. The Kier molecular flexibility index (Phi) is 6.37. The van der Waals surface area contributed by atoms with Crippen molar-refractivity contribution >= 4 is 17.9 Å². The fourth-order valence-electron chi connectivity index (χ4n) is 1.16. The third-order valence-corrected chi connectivity index (χ3v) is 2.02. The number of amides is 1. The van der Waals surface area contributed by atoms with Gasteiger partial charge in [0, 0.05) is 13.7 Å². The standard InChI is InChI=1S/C11H17N3O5/c1-3-18-10(16)8-7-19-11(14-8)13-6-9(15)12-4-5-17-2/h7H,3-6H2,1-2H3,(H,12,15)(H,13,14). The molecule has 0 unspecified atom stereocenters. The summed E-state index contributed by atoms with van der Waals surface area (Å²) in [4.78, 5) is 26.5. The topological polar surface area (TPSA) is 103 Å². The Balaban J connectivity index is 2.33. The molecule has 2 N–H and O–H groups in total. The van der Waals surface area contributed by atoms with Crippen LogP contribution in [-0.4, -0.2) is 50.3 Å². The number of hydrogen-bond acceptors (Lipinski definition) is 7. The van der Waals surface area contributed by atoms with E-state index in [1.165, 1.54) is 6.26 Å². The number of ether oxygens (including phenoxy) is 2. The first-order chi connectivity index (χ1) is 9.17. The summed E-state index contributed by atoms with van der Waals surface area (Å²) in [5.41, 5.74) is 0.0594. The number of nitrogens with zero attached hydrogens (tertiary/aromatic N) is 1. The predicted octanol–water partition coefficient (Wildman–Crippen LogP) is 0.0258. The van der Waals surface area contributed by atoms with Crippen LogP contribution in [0.25, 0.3) is 0 Å². The average molecular weight is 271 g/mol. The van der Waals surface area contributed by atoms with Crippen LogP contribution in [0.4, 0.5) is 6.01 Å². The van der Waals surface area contributed by atoms with Crippen molar-refractivity contribution in [3.05, 3.63) is 12.0 Å². The van der Waals surface area contributed by atoms with Gasteiger partial charge in [0.25, 0.3) is 6.01 Å². The molecule has 1 aromatic heterocycles. The van der Waals surface area contributed by atoms with Gasteiger partial charge in [-0.05, 0) is 6.92 Å². The highest BCUT2D eigenvalue weighted by Gasteiger charge is 2.13. The molecule has 0 saturated heterocycles. The van der Waals surface area contributed by atoms with E-state index in [0.29, 0.717) is 13.2 Å². The van der Waals surface area contributed by atoms with E-state index in [1.54, 1.807) is 14.0 Å². The second kappa shape index (κ2) is 8.09. The Labute approximate surface area is 110 Å². The van der Waals surface area contributed by atoms with E-state index in [4.69, 9.17) is 13.9 Å². The Bertz CT molecular complexity index is 418. The quantitative estimate of drug-likeness (QED) is 0.507. The lowest BCUT2D eigenvalue weighted by atomic mass is 10.5. The van der Waals surface area contributed by atoms with E-state index in [-0.39, 0.29) is 30.8 Å². The SMILES string of the molecule is CCOC(=O)c1coc(NCC(=O)NCCOC)n1. The monoisotopic (exact) mass is 271 g/mol. The van der Waals surface area contributed by atoms with Crippen molar-refractivity contribution in [1.82, 2.24) is 10.3 Å². The van der Waals surface area contributed by atoms with Crippen LogP contribution in [0.15, 0.2) is 10.7 Å². The van der Waals surface area contributed by atoms with Crippen LogP contribution in [0.1, 0.15) is 17.4 Å². The molecule has 0 aliphatic heterocycles. The summed E-state index contributed by atoms with van der Waals surface area (Å²) in [6, 6.07) is 0.0879. The van der Waals surface area contributed by atoms with Crippen LogP contribution in [-0.2, 0) is 14.3 Å². The number of aromatic nitrogens is 1. The molecule has 0 saturated carbocycles. The van der Waals surface area contributed by atoms with Gasteiger partial charge in [-0.3, -0.25) is 4.79 Å². The fourth-order valence-corrected chi connectivity index (χ4v) is 1.16. The second-order valence-electron chi connectivity index (χ2n) is 3.45. The van der Waals surface area contributed by atoms with E-state index in [9.17, 15) is 9.59 Å². The van der Waals surface area contributed by atoms with Gasteiger partial charge in [-0.1, -0.05) is 0 Å². The van der Waals surface area contributed by atoms with Crippen LogP contribution < -0.4 is 10.6 Å². The maximum atomic E-state index is 11.3. The van der Waals surface area contributed by atoms with Gasteiger partial charge in [0.15, 0.2) is 5.69 Å². The molecule has 1 heterocycles. The van der Waals surface area contributed by atoms with Gasteiger partial charge >= 0.3 is 5.97 Å². The number of esters is 1. The normalized spacial score (nSPS) is 10.0. The average Bonchev–Trinajstić information content (AvgIpc) is 2.86. The number of nitrogens with one attached hydrogen (secondary N) is 2. The molecule has 0 bridgehead atoms. The fraction of sp³-hybridized carbons (Fsp3) is 0.545. The van der Waals surface area contributed by atoms with E-state index < -0.39 is 5.97 Å². The summed E-state index contributed by atoms with van der Waals surface area (Å²) in [5, 5.41) is 5.27. The third-order valence-electron chi connectivity index (χ3n) is 2.02. The molecule has 0 aliphatic carbocycles. The maximum absolute atomic E-state index is 11.3. The van der Waals surface area contributed by atoms with Crippen LogP contribution in [0, 0.1) is 0 Å². The smallest absolute Gasteiger partial charge is 0.360 e. The Hall–Kier alpha value is -2.09. The van der Waals surface area contributed by atoms with E-state index in [2.05, 4.69) is 15.6 Å². The minimum absolute atomic E-state index is 0.00745. The highest BCUT2D eigenvalue weighted by atomic mass is 16.5. The molecule has 0 fully saturated rings. The van der Waals surface area contributed by atoms with Gasteiger partial charge in [-0.25, -0.2) is 4.79 Å². The van der Waals surface area contributed by atoms with Crippen molar-refractivity contribution < 1.29 is 23.5 Å². The number of methoxy groups -OCH3 is 1. The number of carbonyl (C=O) groups excluding carboxylic acids is 2. The zero-order valence-electron chi connectivity index (χ0n) is 10.9. The maximum Gasteiger partial charge on any atom is 0.360 e. The molecular weight excluding hydrogens is 254 g/mol. The summed E-state index contributed by atoms with van der Waals surface area (Å²) >= 11 is 0. The second-order valence-corrected chi connectivity index (χ2v) is 3.45. The van der Waals surface area contributed by atoms with Crippen molar-refractivity contribution in [1.29, 1.82) is 0 Å². The van der Waals surface area contributed by atoms with Gasteiger partial charge in [-0.2, -0.15) is 4.98 Å². The summed E-state index contributed by atoms with van der Waals surface area (Å²) in [6.45, 7) is 2.82. The number of anilines is 1. The van der Waals surface area contributed by atoms with Gasteiger partial charge in [-0.15, -0.1) is 0 Å². The zero-order valence-corrected chi connectivity index (χ0v) is 10.9. The Morgan fingerprint density at radius 3 is 2.95 bits per heavy atom. The predicted molar refractivity (Wildman–Crippen MR) is 65.8 cm³/mol. The largest absolute Gasteiger partial charge is 0.461 e. The van der Waals surface area contributed by atoms with Crippen LogP contribution in [0.5, 0.6) is 0 Å². The Morgan fingerprint density at radius 1 is 1.47 bits per heavy atom. The highest BCUT2D eigenvalue weighted by Crippen LogP contribution is 2.07. The van der Waals surface area contributed by atoms with Crippen molar-refractivity contribution in [2.75, 3.05) is 38.7 Å². The lowest BCUT2D eigenvalue weighted by Crippen LogP contribution is -2.32. The molecule has 19 heavy (non-hydrogen) atoms. The lowest BCUT2D eigenvalue weighted by Gasteiger charge is -2.04. The minimum atomic E-state index is -0.566. The molecule has 8 heteroatoms. The van der Waals surface area contributed by atoms with Gasteiger partial charge in [0.1, 0.15) is 6.26 Å². The first kappa shape index (κ1) is 15.0. The molecule has 8 nitrogen and oxygen atoms in total.